The molecule has 0 aliphatic rings. The van der Waals surface area contributed by atoms with Crippen LogP contribution in [0.2, 0.25) is 0 Å². The Balaban J connectivity index is 1.63. The highest BCUT2D eigenvalue weighted by Gasteiger charge is 2.16. The molecule has 5 nitrogen and oxygen atoms in total. The molecule has 1 N–H and O–H groups in total. The fourth-order valence-corrected chi connectivity index (χ4v) is 3.33. The van der Waals surface area contributed by atoms with Gasteiger partial charge >= 0.3 is 0 Å². The van der Waals surface area contributed by atoms with Crippen LogP contribution in [0.15, 0.2) is 75.8 Å². The van der Waals surface area contributed by atoms with E-state index in [2.05, 4.69) is 20.8 Å². The van der Waals surface area contributed by atoms with Crippen LogP contribution in [0.5, 0.6) is 11.5 Å². The Morgan fingerprint density at radius 2 is 1.93 bits per heavy atom. The summed E-state index contributed by atoms with van der Waals surface area (Å²) >= 11 is 3.45. The van der Waals surface area contributed by atoms with E-state index in [-0.39, 0.29) is 6.61 Å². The Morgan fingerprint density at radius 3 is 2.68 bits per heavy atom. The summed E-state index contributed by atoms with van der Waals surface area (Å²) < 4.78 is 17.4. The number of methoxy groups -OCH3 is 1. The van der Waals surface area contributed by atoms with Gasteiger partial charge in [-0.05, 0) is 57.9 Å². The fourth-order valence-electron chi connectivity index (χ4n) is 2.94. The Labute approximate surface area is 173 Å². The lowest BCUT2D eigenvalue weighted by Gasteiger charge is -2.24. The average molecular weight is 446 g/mol. The molecule has 0 fully saturated rings. The topological polar surface area (TPSA) is 55.1 Å². The first kappa shape index (κ1) is 20.5. The van der Waals surface area contributed by atoms with Crippen molar-refractivity contribution in [1.82, 2.24) is 4.90 Å². The Hall–Kier alpha value is -2.28. The van der Waals surface area contributed by atoms with Gasteiger partial charge in [0, 0.05) is 13.1 Å². The van der Waals surface area contributed by atoms with Crippen LogP contribution < -0.4 is 9.47 Å². The van der Waals surface area contributed by atoms with E-state index in [1.807, 2.05) is 60.7 Å². The molecule has 3 rings (SSSR count). The van der Waals surface area contributed by atoms with Crippen LogP contribution in [-0.4, -0.2) is 36.4 Å². The van der Waals surface area contributed by atoms with Crippen LogP contribution >= 0.6 is 15.9 Å². The molecule has 0 saturated carbocycles. The number of ether oxygens (including phenoxy) is 2. The first-order valence-electron chi connectivity index (χ1n) is 9.07. The molecule has 0 bridgehead atoms. The predicted octanol–water partition coefficient (Wildman–Crippen LogP) is 4.49. The summed E-state index contributed by atoms with van der Waals surface area (Å²) in [5.41, 5.74) is 1.10. The first-order chi connectivity index (χ1) is 13.6. The van der Waals surface area contributed by atoms with Gasteiger partial charge in [0.1, 0.15) is 30.0 Å². The number of nitrogens with zero attached hydrogens (tertiary/aromatic N) is 1. The number of halogens is 1. The maximum atomic E-state index is 10.5. The number of furan rings is 1. The van der Waals surface area contributed by atoms with Crippen LogP contribution in [0.1, 0.15) is 11.3 Å². The smallest absolute Gasteiger partial charge is 0.133 e. The van der Waals surface area contributed by atoms with Gasteiger partial charge in [-0.25, -0.2) is 0 Å². The zero-order chi connectivity index (χ0) is 19.8. The van der Waals surface area contributed by atoms with Crippen molar-refractivity contribution >= 4 is 15.9 Å². The van der Waals surface area contributed by atoms with Gasteiger partial charge in [0.05, 0.1) is 24.4 Å². The molecule has 28 heavy (non-hydrogen) atoms. The summed E-state index contributed by atoms with van der Waals surface area (Å²) in [6.45, 7) is 1.90. The van der Waals surface area contributed by atoms with Crippen molar-refractivity contribution in [2.45, 2.75) is 19.2 Å². The van der Waals surface area contributed by atoms with Crippen molar-refractivity contribution in [2.75, 3.05) is 20.3 Å². The molecule has 0 spiro atoms. The molecule has 3 aromatic rings. The lowest BCUT2D eigenvalue weighted by atomic mass is 10.2. The van der Waals surface area contributed by atoms with Crippen LogP contribution in [0.3, 0.4) is 0 Å². The third-order valence-corrected chi connectivity index (χ3v) is 4.89. The summed E-state index contributed by atoms with van der Waals surface area (Å²) in [7, 11) is 1.66. The highest BCUT2D eigenvalue weighted by molar-refractivity contribution is 9.10. The number of hydrogen-bond acceptors (Lipinski definition) is 5. The number of aliphatic hydroxyl groups is 1. The van der Waals surface area contributed by atoms with E-state index in [0.717, 1.165) is 21.5 Å². The molecule has 1 atom stereocenters. The van der Waals surface area contributed by atoms with Gasteiger partial charge in [-0.2, -0.15) is 0 Å². The summed E-state index contributed by atoms with van der Waals surface area (Å²) in [6.07, 6.45) is 1.01. The molecule has 2 aromatic carbocycles. The molecular weight excluding hydrogens is 422 g/mol. The predicted molar refractivity (Wildman–Crippen MR) is 111 cm³/mol. The molecule has 0 aliphatic heterocycles. The summed E-state index contributed by atoms with van der Waals surface area (Å²) in [4.78, 5) is 2.13. The van der Waals surface area contributed by atoms with E-state index >= 15 is 0 Å². The second-order valence-electron chi connectivity index (χ2n) is 6.50. The third kappa shape index (κ3) is 6.12. The molecule has 1 heterocycles. The van der Waals surface area contributed by atoms with E-state index in [4.69, 9.17) is 13.9 Å². The lowest BCUT2D eigenvalue weighted by Crippen LogP contribution is -2.35. The Kier molecular flexibility index (Phi) is 7.54. The number of benzene rings is 2. The van der Waals surface area contributed by atoms with Crippen molar-refractivity contribution in [3.05, 3.63) is 82.7 Å². The Bertz CT molecular complexity index is 853. The molecule has 0 amide bonds. The molecule has 1 aromatic heterocycles. The summed E-state index contributed by atoms with van der Waals surface area (Å²) in [5, 5.41) is 10.5. The van der Waals surface area contributed by atoms with Crippen molar-refractivity contribution in [3.8, 4) is 11.5 Å². The van der Waals surface area contributed by atoms with Gasteiger partial charge in [-0.1, -0.05) is 24.3 Å². The van der Waals surface area contributed by atoms with Crippen molar-refractivity contribution in [3.63, 3.8) is 0 Å². The molecule has 0 aliphatic carbocycles. The fraction of sp³-hybridized carbons (Fsp3) is 0.273. The largest absolute Gasteiger partial charge is 0.497 e. The number of para-hydroxylation sites is 1. The highest BCUT2D eigenvalue weighted by atomic mass is 79.9. The second kappa shape index (κ2) is 10.3. The summed E-state index contributed by atoms with van der Waals surface area (Å²) in [6, 6.07) is 19.3. The monoisotopic (exact) mass is 445 g/mol. The molecule has 0 saturated heterocycles. The van der Waals surface area contributed by atoms with Gasteiger partial charge in [-0.15, -0.1) is 0 Å². The van der Waals surface area contributed by atoms with Crippen LogP contribution in [0.4, 0.5) is 0 Å². The van der Waals surface area contributed by atoms with E-state index in [9.17, 15) is 5.11 Å². The maximum absolute atomic E-state index is 10.5. The first-order valence-corrected chi connectivity index (χ1v) is 9.86. The molecule has 6 heteroatoms. The lowest BCUT2D eigenvalue weighted by molar-refractivity contribution is 0.0602. The maximum Gasteiger partial charge on any atom is 0.133 e. The minimum Gasteiger partial charge on any atom is -0.497 e. The van der Waals surface area contributed by atoms with E-state index in [1.165, 1.54) is 0 Å². The summed E-state index contributed by atoms with van der Waals surface area (Å²) in [5.74, 6) is 2.38. The van der Waals surface area contributed by atoms with Crippen LogP contribution in [0, 0.1) is 0 Å². The molecule has 148 valence electrons. The Morgan fingerprint density at radius 1 is 1.07 bits per heavy atom. The minimum atomic E-state index is -0.646. The van der Waals surface area contributed by atoms with E-state index in [1.54, 1.807) is 13.4 Å². The number of hydrogen-bond donors (Lipinski definition) is 1. The molecular formula is C22H24BrNO4. The molecule has 0 radical (unpaired) electrons. The SMILES string of the molecule is COc1cccc(CN(Cc2ccco2)CC(O)COc2ccccc2Br)c1. The zero-order valence-electron chi connectivity index (χ0n) is 15.8. The van der Waals surface area contributed by atoms with Crippen molar-refractivity contribution < 1.29 is 19.0 Å². The zero-order valence-corrected chi connectivity index (χ0v) is 17.3. The van der Waals surface area contributed by atoms with Gasteiger partial charge < -0.3 is 19.0 Å². The average Bonchev–Trinajstić information content (AvgIpc) is 3.20. The van der Waals surface area contributed by atoms with Gasteiger partial charge in [0.25, 0.3) is 0 Å². The standard InChI is InChI=1S/C22H24BrNO4/c1-26-19-7-4-6-17(12-19)13-24(15-20-8-5-11-27-20)14-18(25)16-28-22-10-3-2-9-21(22)23/h2-12,18,25H,13-16H2,1H3. The van der Waals surface area contributed by atoms with Gasteiger partial charge in [0.2, 0.25) is 0 Å². The van der Waals surface area contributed by atoms with Crippen molar-refractivity contribution in [1.29, 1.82) is 0 Å². The highest BCUT2D eigenvalue weighted by Crippen LogP contribution is 2.24. The third-order valence-electron chi connectivity index (χ3n) is 4.24. The number of aliphatic hydroxyl groups excluding tert-OH is 1. The second-order valence-corrected chi connectivity index (χ2v) is 7.35. The normalized spacial score (nSPS) is 12.1. The van der Waals surface area contributed by atoms with E-state index in [0.29, 0.717) is 25.4 Å². The van der Waals surface area contributed by atoms with Crippen LogP contribution in [-0.2, 0) is 13.1 Å². The molecule has 1 unspecified atom stereocenters. The van der Waals surface area contributed by atoms with E-state index < -0.39 is 6.10 Å². The van der Waals surface area contributed by atoms with Crippen molar-refractivity contribution in [2.24, 2.45) is 0 Å². The number of rotatable bonds is 10. The van der Waals surface area contributed by atoms with Gasteiger partial charge in [0.15, 0.2) is 0 Å². The van der Waals surface area contributed by atoms with Crippen LogP contribution in [0.25, 0.3) is 0 Å². The quantitative estimate of drug-likeness (QED) is 0.497. The van der Waals surface area contributed by atoms with Gasteiger partial charge in [-0.3, -0.25) is 4.90 Å². The minimum absolute atomic E-state index is 0.204.